The fraction of sp³-hybridized carbons (Fsp3) is 0. The Balaban J connectivity index is 1.08. The molecule has 11 rings (SSSR count). The van der Waals surface area contributed by atoms with Crippen molar-refractivity contribution in [3.05, 3.63) is 194 Å². The molecule has 0 atom stereocenters. The molecule has 0 saturated heterocycles. The molecule has 0 N–H and O–H groups in total. The van der Waals surface area contributed by atoms with E-state index in [2.05, 4.69) is 132 Å². The van der Waals surface area contributed by atoms with Crippen LogP contribution in [0.4, 0.5) is 0 Å². The number of rotatable bonds is 6. The third-order valence-corrected chi connectivity index (χ3v) is 10.9. The first-order valence-electron chi connectivity index (χ1n) is 18.9. The summed E-state index contributed by atoms with van der Waals surface area (Å²) >= 11 is 0. The van der Waals surface area contributed by atoms with E-state index in [0.29, 0.717) is 0 Å². The average molecular weight is 713 g/mol. The van der Waals surface area contributed by atoms with Crippen molar-refractivity contribution < 1.29 is 0 Å². The number of fused-ring (bicyclic) bond motifs is 4. The molecule has 4 heterocycles. The molecular formula is C52H32N4. The molecule has 0 unspecified atom stereocenters. The normalized spacial score (nSPS) is 11.6. The summed E-state index contributed by atoms with van der Waals surface area (Å²) < 4.78 is 0. The minimum absolute atomic E-state index is 0.784. The van der Waals surface area contributed by atoms with Gasteiger partial charge < -0.3 is 0 Å². The lowest BCUT2D eigenvalue weighted by molar-refractivity contribution is 1.20. The molecule has 0 amide bonds. The fourth-order valence-corrected chi connectivity index (χ4v) is 8.55. The Kier molecular flexibility index (Phi) is 7.46. The minimum Gasteiger partial charge on any atom is -0.255 e. The highest BCUT2D eigenvalue weighted by Crippen LogP contribution is 2.58. The highest BCUT2D eigenvalue weighted by atomic mass is 14.8. The molecule has 0 fully saturated rings. The Morgan fingerprint density at radius 3 is 1.38 bits per heavy atom. The third-order valence-electron chi connectivity index (χ3n) is 10.9. The molecule has 4 aromatic heterocycles. The number of nitrogens with zero attached hydrogens (tertiary/aromatic N) is 4. The van der Waals surface area contributed by atoms with Crippen LogP contribution in [0.25, 0.3) is 111 Å². The topological polar surface area (TPSA) is 51.6 Å². The lowest BCUT2D eigenvalue weighted by Crippen LogP contribution is -1.94. The van der Waals surface area contributed by atoms with Crippen molar-refractivity contribution in [3.8, 4) is 89.8 Å². The van der Waals surface area contributed by atoms with Crippen LogP contribution in [0.1, 0.15) is 0 Å². The first kappa shape index (κ1) is 31.9. The molecule has 260 valence electrons. The van der Waals surface area contributed by atoms with Gasteiger partial charge >= 0.3 is 0 Å². The van der Waals surface area contributed by atoms with Crippen molar-refractivity contribution >= 4 is 21.5 Å². The summed E-state index contributed by atoms with van der Waals surface area (Å²) in [5.74, 6) is 0. The smallest absolute Gasteiger partial charge is 0.0894 e. The van der Waals surface area contributed by atoms with Crippen LogP contribution >= 0.6 is 0 Å². The van der Waals surface area contributed by atoms with Crippen LogP contribution < -0.4 is 0 Å². The van der Waals surface area contributed by atoms with Crippen molar-refractivity contribution in [1.82, 2.24) is 19.9 Å². The van der Waals surface area contributed by atoms with E-state index >= 15 is 0 Å². The molecule has 4 heteroatoms. The first-order chi connectivity index (χ1) is 27.8. The van der Waals surface area contributed by atoms with E-state index in [1.54, 1.807) is 6.20 Å². The quantitative estimate of drug-likeness (QED) is 0.172. The Hall–Kier alpha value is -7.56. The summed E-state index contributed by atoms with van der Waals surface area (Å²) in [5.41, 5.74) is 17.2. The lowest BCUT2D eigenvalue weighted by atomic mass is 9.82. The Bertz CT molecular complexity index is 3030. The Morgan fingerprint density at radius 2 is 0.750 bits per heavy atom. The molecule has 0 bridgehead atoms. The van der Waals surface area contributed by atoms with Crippen molar-refractivity contribution in [1.29, 1.82) is 0 Å². The second-order valence-electron chi connectivity index (χ2n) is 14.1. The van der Waals surface area contributed by atoms with Crippen LogP contribution in [0.2, 0.25) is 0 Å². The predicted molar refractivity (Wildman–Crippen MR) is 230 cm³/mol. The Labute approximate surface area is 324 Å². The van der Waals surface area contributed by atoms with Crippen LogP contribution in [-0.2, 0) is 0 Å². The summed E-state index contributed by atoms with van der Waals surface area (Å²) in [6.45, 7) is 0. The van der Waals surface area contributed by atoms with Crippen LogP contribution in [0, 0.1) is 0 Å². The second-order valence-corrected chi connectivity index (χ2v) is 14.1. The average Bonchev–Trinajstić information content (AvgIpc) is 3.61. The van der Waals surface area contributed by atoms with E-state index in [1.807, 2.05) is 60.8 Å². The monoisotopic (exact) mass is 712 g/mol. The van der Waals surface area contributed by atoms with E-state index in [1.165, 1.54) is 66.1 Å². The summed E-state index contributed by atoms with van der Waals surface area (Å²) in [7, 11) is 0. The van der Waals surface area contributed by atoms with Gasteiger partial charge in [-0.15, -0.1) is 0 Å². The second kappa shape index (κ2) is 13.1. The van der Waals surface area contributed by atoms with Gasteiger partial charge in [0.1, 0.15) is 0 Å². The van der Waals surface area contributed by atoms with E-state index in [-0.39, 0.29) is 0 Å². The number of benzene rings is 6. The van der Waals surface area contributed by atoms with E-state index in [9.17, 15) is 0 Å². The van der Waals surface area contributed by atoms with E-state index < -0.39 is 0 Å². The largest absolute Gasteiger partial charge is 0.255 e. The molecule has 10 aromatic rings. The molecule has 6 aromatic carbocycles. The molecule has 4 nitrogen and oxygen atoms in total. The maximum Gasteiger partial charge on any atom is 0.0894 e. The first-order valence-corrected chi connectivity index (χ1v) is 18.9. The number of hydrogen-bond acceptors (Lipinski definition) is 4. The molecule has 0 saturated carbocycles. The number of pyridine rings is 4. The van der Waals surface area contributed by atoms with Crippen molar-refractivity contribution in [2.75, 3.05) is 0 Å². The SMILES string of the molecule is c1ccc(-c2c3c(c(-c4ccccc4)c4ccccc24)-c2ccc(-c4ccnc(-c5cccc(-c6cccc(-c7ccccn7)n6)n5)c4)c4cccc-3c24)cc1. The van der Waals surface area contributed by atoms with Gasteiger partial charge in [-0.05, 0) is 126 Å². The van der Waals surface area contributed by atoms with Gasteiger partial charge in [0.15, 0.2) is 0 Å². The molecule has 56 heavy (non-hydrogen) atoms. The summed E-state index contributed by atoms with van der Waals surface area (Å²) in [5, 5.41) is 5.01. The van der Waals surface area contributed by atoms with E-state index in [0.717, 1.165) is 45.3 Å². The summed E-state index contributed by atoms with van der Waals surface area (Å²) in [6, 6.07) is 64.2. The van der Waals surface area contributed by atoms with Crippen LogP contribution in [0.15, 0.2) is 194 Å². The van der Waals surface area contributed by atoms with Gasteiger partial charge in [-0.1, -0.05) is 133 Å². The zero-order valence-electron chi connectivity index (χ0n) is 30.3. The zero-order valence-corrected chi connectivity index (χ0v) is 30.3. The van der Waals surface area contributed by atoms with Gasteiger partial charge in [-0.3, -0.25) is 9.97 Å². The van der Waals surface area contributed by atoms with Crippen molar-refractivity contribution in [2.45, 2.75) is 0 Å². The van der Waals surface area contributed by atoms with Gasteiger partial charge in [0.2, 0.25) is 0 Å². The van der Waals surface area contributed by atoms with E-state index in [4.69, 9.17) is 15.0 Å². The molecule has 0 aliphatic heterocycles. The van der Waals surface area contributed by atoms with Gasteiger partial charge in [0.05, 0.1) is 34.2 Å². The third kappa shape index (κ3) is 5.15. The standard InChI is InChI=1S/C52H32N4/c1-3-14-33(15-4-1)48-38-18-7-8-19-39(38)49(34-16-5-2-6-17-34)52-41-28-27-36(37-20-11-21-40(50(37)41)51(48)52)35-29-31-54-47(32-35)46-26-13-25-45(56-46)44-24-12-23-43(55-44)42-22-9-10-30-53-42/h1-32H. The Morgan fingerprint density at radius 1 is 0.268 bits per heavy atom. The van der Waals surface area contributed by atoms with Gasteiger partial charge in [0.25, 0.3) is 0 Å². The van der Waals surface area contributed by atoms with Crippen molar-refractivity contribution in [2.24, 2.45) is 0 Å². The lowest BCUT2D eigenvalue weighted by Gasteiger charge is -2.20. The molecule has 1 aliphatic rings. The van der Waals surface area contributed by atoms with Crippen LogP contribution in [0.3, 0.4) is 0 Å². The summed E-state index contributed by atoms with van der Waals surface area (Å²) in [6.07, 6.45) is 3.68. The van der Waals surface area contributed by atoms with Crippen LogP contribution in [-0.4, -0.2) is 19.9 Å². The molecule has 0 spiro atoms. The van der Waals surface area contributed by atoms with Crippen molar-refractivity contribution in [3.63, 3.8) is 0 Å². The number of hydrogen-bond donors (Lipinski definition) is 0. The minimum atomic E-state index is 0.784. The molecular weight excluding hydrogens is 681 g/mol. The maximum absolute atomic E-state index is 5.07. The summed E-state index contributed by atoms with van der Waals surface area (Å²) in [4.78, 5) is 19.3. The van der Waals surface area contributed by atoms with Crippen LogP contribution in [0.5, 0.6) is 0 Å². The molecule has 1 aliphatic carbocycles. The number of aromatic nitrogens is 4. The zero-order chi connectivity index (χ0) is 37.0. The van der Waals surface area contributed by atoms with Gasteiger partial charge in [-0.2, -0.15) is 0 Å². The molecule has 0 radical (unpaired) electrons. The fourth-order valence-electron chi connectivity index (χ4n) is 8.55. The highest BCUT2D eigenvalue weighted by molar-refractivity contribution is 6.28. The maximum atomic E-state index is 5.07. The van der Waals surface area contributed by atoms with Gasteiger partial charge in [0, 0.05) is 12.4 Å². The van der Waals surface area contributed by atoms with Gasteiger partial charge in [-0.25, -0.2) is 9.97 Å². The highest BCUT2D eigenvalue weighted by Gasteiger charge is 2.31. The predicted octanol–water partition coefficient (Wildman–Crippen LogP) is 13.2.